The fourth-order valence-corrected chi connectivity index (χ4v) is 2.31. The Labute approximate surface area is 123 Å². The van der Waals surface area contributed by atoms with Crippen molar-refractivity contribution >= 4 is 5.90 Å². The van der Waals surface area contributed by atoms with Crippen molar-refractivity contribution in [3.8, 4) is 5.75 Å². The number of halogens is 1. The van der Waals surface area contributed by atoms with Gasteiger partial charge in [-0.1, -0.05) is 30.3 Å². The van der Waals surface area contributed by atoms with E-state index in [0.29, 0.717) is 5.90 Å². The normalized spacial score (nSPS) is 21.3. The number of aliphatic imine (C=N–C) groups is 1. The van der Waals surface area contributed by atoms with Crippen LogP contribution in [0, 0.1) is 0 Å². The van der Waals surface area contributed by atoms with Crippen molar-refractivity contribution in [2.45, 2.75) is 12.3 Å². The first-order chi connectivity index (χ1) is 10.3. The van der Waals surface area contributed by atoms with Gasteiger partial charge in [0.1, 0.15) is 5.75 Å². The Morgan fingerprint density at radius 1 is 1.10 bits per heavy atom. The van der Waals surface area contributed by atoms with Crippen LogP contribution in [-0.4, -0.2) is 25.7 Å². The summed E-state index contributed by atoms with van der Waals surface area (Å²) in [4.78, 5) is 4.18. The summed E-state index contributed by atoms with van der Waals surface area (Å²) in [6.07, 6.45) is -1.78. The summed E-state index contributed by atoms with van der Waals surface area (Å²) >= 11 is 0. The van der Waals surface area contributed by atoms with E-state index >= 15 is 0 Å². The summed E-state index contributed by atoms with van der Waals surface area (Å²) in [5, 5.41) is 0. The summed E-state index contributed by atoms with van der Waals surface area (Å²) in [7, 11) is 1.60. The fraction of sp³-hybridized carbons (Fsp3) is 0.235. The highest BCUT2D eigenvalue weighted by molar-refractivity contribution is 5.94. The molecule has 0 aromatic heterocycles. The van der Waals surface area contributed by atoms with Crippen molar-refractivity contribution in [2.24, 2.45) is 4.99 Å². The molecule has 2 aromatic rings. The second-order valence-corrected chi connectivity index (χ2v) is 4.84. The second kappa shape index (κ2) is 5.95. The molecule has 3 rings (SSSR count). The van der Waals surface area contributed by atoms with Gasteiger partial charge < -0.3 is 9.47 Å². The van der Waals surface area contributed by atoms with Gasteiger partial charge >= 0.3 is 0 Å². The van der Waals surface area contributed by atoms with Crippen LogP contribution >= 0.6 is 0 Å². The van der Waals surface area contributed by atoms with Crippen molar-refractivity contribution in [3.05, 3.63) is 65.7 Å². The molecule has 21 heavy (non-hydrogen) atoms. The van der Waals surface area contributed by atoms with Crippen molar-refractivity contribution in [1.29, 1.82) is 0 Å². The van der Waals surface area contributed by atoms with E-state index in [1.165, 1.54) is 0 Å². The molecule has 0 radical (unpaired) electrons. The van der Waals surface area contributed by atoms with Crippen LogP contribution in [0.1, 0.15) is 17.2 Å². The lowest BCUT2D eigenvalue weighted by Crippen LogP contribution is -2.29. The van der Waals surface area contributed by atoms with Gasteiger partial charge in [0.05, 0.1) is 13.7 Å². The van der Waals surface area contributed by atoms with Gasteiger partial charge in [-0.25, -0.2) is 9.38 Å². The molecule has 0 fully saturated rings. The number of benzene rings is 2. The van der Waals surface area contributed by atoms with Crippen molar-refractivity contribution in [2.75, 3.05) is 13.7 Å². The molecular weight excluding hydrogens is 269 g/mol. The van der Waals surface area contributed by atoms with Crippen molar-refractivity contribution in [1.82, 2.24) is 0 Å². The van der Waals surface area contributed by atoms with Gasteiger partial charge in [0, 0.05) is 5.56 Å². The minimum atomic E-state index is -1.15. The van der Waals surface area contributed by atoms with Crippen LogP contribution < -0.4 is 4.74 Å². The molecule has 108 valence electrons. The summed E-state index contributed by atoms with van der Waals surface area (Å²) in [6.45, 7) is 0.112. The average Bonchev–Trinajstić information content (AvgIpc) is 2.56. The number of hydrogen-bond acceptors (Lipinski definition) is 3. The molecule has 0 amide bonds. The smallest absolute Gasteiger partial charge is 0.216 e. The first-order valence-corrected chi connectivity index (χ1v) is 6.82. The number of methoxy groups -OCH3 is 1. The minimum Gasteiger partial charge on any atom is -0.497 e. The van der Waals surface area contributed by atoms with Gasteiger partial charge in [0.15, 0.2) is 12.3 Å². The number of rotatable bonds is 3. The third-order valence-electron chi connectivity index (χ3n) is 3.44. The van der Waals surface area contributed by atoms with Crippen LogP contribution in [0.25, 0.3) is 0 Å². The highest BCUT2D eigenvalue weighted by atomic mass is 19.1. The van der Waals surface area contributed by atoms with Gasteiger partial charge in [-0.2, -0.15) is 0 Å². The van der Waals surface area contributed by atoms with Crippen LogP contribution in [0.5, 0.6) is 5.75 Å². The Hall–Kier alpha value is -2.36. The second-order valence-electron chi connectivity index (χ2n) is 4.84. The molecule has 0 spiro atoms. The zero-order valence-electron chi connectivity index (χ0n) is 11.7. The Balaban J connectivity index is 1.84. The Kier molecular flexibility index (Phi) is 3.86. The molecule has 1 heterocycles. The van der Waals surface area contributed by atoms with Gasteiger partial charge in [-0.15, -0.1) is 0 Å². The average molecular weight is 285 g/mol. The number of nitrogens with zero attached hydrogens (tertiary/aromatic N) is 1. The third-order valence-corrected chi connectivity index (χ3v) is 3.44. The SMILES string of the molecule is COc1ccc(C2OC(c3ccccc3)=NC[C@@H]2F)cc1. The zero-order chi connectivity index (χ0) is 14.7. The molecule has 0 saturated heterocycles. The summed E-state index contributed by atoms with van der Waals surface area (Å²) in [5.41, 5.74) is 1.65. The van der Waals surface area contributed by atoms with E-state index in [0.717, 1.165) is 16.9 Å². The number of ether oxygens (including phenoxy) is 2. The Bertz CT molecular complexity index is 625. The molecule has 3 nitrogen and oxygen atoms in total. The molecule has 1 aliphatic heterocycles. The van der Waals surface area contributed by atoms with E-state index < -0.39 is 12.3 Å². The number of hydrogen-bond donors (Lipinski definition) is 0. The van der Waals surface area contributed by atoms with Gasteiger partial charge in [-0.3, -0.25) is 0 Å². The highest BCUT2D eigenvalue weighted by Gasteiger charge is 2.30. The van der Waals surface area contributed by atoms with E-state index in [4.69, 9.17) is 9.47 Å². The molecule has 1 unspecified atom stereocenters. The maximum Gasteiger partial charge on any atom is 0.216 e. The van der Waals surface area contributed by atoms with Crippen LogP contribution in [0.15, 0.2) is 59.6 Å². The molecule has 0 N–H and O–H groups in total. The molecule has 2 aromatic carbocycles. The standard InChI is InChI=1S/C17H16FNO2/c1-20-14-9-7-12(8-10-14)16-15(18)11-19-17(21-16)13-5-3-2-4-6-13/h2-10,15-16H,11H2,1H3/t15-,16?/m0/s1. The molecular formula is C17H16FNO2. The van der Waals surface area contributed by atoms with Crippen molar-refractivity contribution in [3.63, 3.8) is 0 Å². The molecule has 0 aliphatic carbocycles. The predicted molar refractivity (Wildman–Crippen MR) is 79.6 cm³/mol. The molecule has 0 bridgehead atoms. The van der Waals surface area contributed by atoms with E-state index in [-0.39, 0.29) is 6.54 Å². The summed E-state index contributed by atoms with van der Waals surface area (Å²) in [5.74, 6) is 1.23. The van der Waals surface area contributed by atoms with E-state index in [1.807, 2.05) is 42.5 Å². The topological polar surface area (TPSA) is 30.8 Å². The first-order valence-electron chi connectivity index (χ1n) is 6.82. The van der Waals surface area contributed by atoms with Gasteiger partial charge in [0.25, 0.3) is 0 Å². The zero-order valence-corrected chi connectivity index (χ0v) is 11.7. The van der Waals surface area contributed by atoms with Crippen LogP contribution in [-0.2, 0) is 4.74 Å². The predicted octanol–water partition coefficient (Wildman–Crippen LogP) is 3.55. The Morgan fingerprint density at radius 2 is 1.81 bits per heavy atom. The lowest BCUT2D eigenvalue weighted by molar-refractivity contribution is 0.0799. The maximum absolute atomic E-state index is 14.1. The van der Waals surface area contributed by atoms with E-state index in [1.54, 1.807) is 19.2 Å². The lowest BCUT2D eigenvalue weighted by Gasteiger charge is -2.27. The van der Waals surface area contributed by atoms with Gasteiger partial charge in [-0.05, 0) is 29.8 Å². The summed E-state index contributed by atoms with van der Waals surface area (Å²) in [6, 6.07) is 16.8. The van der Waals surface area contributed by atoms with E-state index in [2.05, 4.69) is 4.99 Å². The Morgan fingerprint density at radius 3 is 2.48 bits per heavy atom. The summed E-state index contributed by atoms with van der Waals surface area (Å²) < 4.78 is 25.0. The van der Waals surface area contributed by atoms with Crippen LogP contribution in [0.2, 0.25) is 0 Å². The molecule has 1 aliphatic rings. The quantitative estimate of drug-likeness (QED) is 0.863. The number of alkyl halides is 1. The molecule has 0 saturated carbocycles. The monoisotopic (exact) mass is 285 g/mol. The lowest BCUT2D eigenvalue weighted by atomic mass is 10.0. The molecule has 2 atom stereocenters. The largest absolute Gasteiger partial charge is 0.497 e. The highest BCUT2D eigenvalue weighted by Crippen LogP contribution is 2.30. The van der Waals surface area contributed by atoms with Crippen LogP contribution in [0.4, 0.5) is 4.39 Å². The van der Waals surface area contributed by atoms with Gasteiger partial charge in [0.2, 0.25) is 5.90 Å². The van der Waals surface area contributed by atoms with Crippen molar-refractivity contribution < 1.29 is 13.9 Å². The third kappa shape index (κ3) is 2.89. The fourth-order valence-electron chi connectivity index (χ4n) is 2.31. The van der Waals surface area contributed by atoms with E-state index in [9.17, 15) is 4.39 Å². The maximum atomic E-state index is 14.1. The molecule has 4 heteroatoms. The minimum absolute atomic E-state index is 0.112. The van der Waals surface area contributed by atoms with Crippen LogP contribution in [0.3, 0.4) is 0 Å². The first kappa shape index (κ1) is 13.6.